The molecular formula is C31H30FN5O5. The van der Waals surface area contributed by atoms with Gasteiger partial charge in [0.05, 0.1) is 0 Å². The lowest BCUT2D eigenvalue weighted by Crippen LogP contribution is -2.38. The largest absolute Gasteiger partial charge is 0.443 e. The van der Waals surface area contributed by atoms with Crippen LogP contribution < -0.4 is 21.9 Å². The molecule has 0 fully saturated rings. The Kier molecular flexibility index (Phi) is 10.2. The predicted octanol–water partition coefficient (Wildman–Crippen LogP) is 4.62. The van der Waals surface area contributed by atoms with Gasteiger partial charge in [0.15, 0.2) is 0 Å². The van der Waals surface area contributed by atoms with Crippen LogP contribution in [-0.4, -0.2) is 29.0 Å². The highest BCUT2D eigenvalue weighted by Crippen LogP contribution is 2.16. The normalized spacial score (nSPS) is 11.9. The highest BCUT2D eigenvalue weighted by atomic mass is 19.1. The van der Waals surface area contributed by atoms with Crippen LogP contribution in [0.3, 0.4) is 0 Å². The molecule has 0 spiro atoms. The molecule has 0 aliphatic rings. The van der Waals surface area contributed by atoms with Crippen molar-refractivity contribution in [2.75, 3.05) is 11.9 Å². The Morgan fingerprint density at radius 1 is 0.976 bits per heavy atom. The molecule has 0 aliphatic heterocycles. The fraction of sp³-hybridized carbons (Fsp3) is 0.161. The molecular weight excluding hydrogens is 541 g/mol. The summed E-state index contributed by atoms with van der Waals surface area (Å²) in [6, 6.07) is 24.8. The number of aromatic nitrogens is 1. The molecule has 1 atom stereocenters. The molecule has 1 aromatic heterocycles. The summed E-state index contributed by atoms with van der Waals surface area (Å²) in [7, 11) is 0. The van der Waals surface area contributed by atoms with Crippen LogP contribution in [0.4, 0.5) is 20.6 Å². The molecule has 0 aliphatic carbocycles. The number of anilines is 2. The molecule has 10 nitrogen and oxygen atoms in total. The van der Waals surface area contributed by atoms with Gasteiger partial charge >= 0.3 is 6.09 Å². The quantitative estimate of drug-likeness (QED) is 0.176. The van der Waals surface area contributed by atoms with E-state index in [-0.39, 0.29) is 31.3 Å². The minimum absolute atomic E-state index is 0.00818. The van der Waals surface area contributed by atoms with Crippen LogP contribution in [0, 0.1) is 5.82 Å². The minimum Gasteiger partial charge on any atom is -0.443 e. The summed E-state index contributed by atoms with van der Waals surface area (Å²) in [4.78, 5) is 42.0. The van der Waals surface area contributed by atoms with Gasteiger partial charge in [0.25, 0.3) is 11.5 Å². The van der Waals surface area contributed by atoms with Gasteiger partial charge < -0.3 is 25.8 Å². The second-order valence-electron chi connectivity index (χ2n) is 9.03. The number of nitrogens with zero attached hydrogens (tertiary/aromatic N) is 2. The van der Waals surface area contributed by atoms with E-state index in [2.05, 4.69) is 15.6 Å². The number of nitrogens with two attached hydrogens (primary N) is 1. The first-order valence-electron chi connectivity index (χ1n) is 13.1. The van der Waals surface area contributed by atoms with Gasteiger partial charge in [-0.2, -0.15) is 4.99 Å². The van der Waals surface area contributed by atoms with Gasteiger partial charge in [-0.3, -0.25) is 14.2 Å². The van der Waals surface area contributed by atoms with Crippen LogP contribution in [0.25, 0.3) is 0 Å². The number of ether oxygens (including phenoxy) is 2. The van der Waals surface area contributed by atoms with E-state index in [0.717, 1.165) is 15.7 Å². The van der Waals surface area contributed by atoms with Crippen LogP contribution in [0.5, 0.6) is 0 Å². The lowest BCUT2D eigenvalue weighted by molar-refractivity contribution is -0.139. The number of benzene rings is 3. The summed E-state index contributed by atoms with van der Waals surface area (Å²) < 4.78 is 25.5. The Hall–Kier alpha value is -5.29. The molecule has 1 unspecified atom stereocenters. The molecule has 0 saturated carbocycles. The zero-order valence-corrected chi connectivity index (χ0v) is 22.8. The van der Waals surface area contributed by atoms with Crippen molar-refractivity contribution < 1.29 is 23.5 Å². The Labute approximate surface area is 241 Å². The summed E-state index contributed by atoms with van der Waals surface area (Å²) in [6.07, 6.45) is -0.596. The van der Waals surface area contributed by atoms with Crippen LogP contribution in [0.15, 0.2) is 107 Å². The number of carbonyl (C=O) groups is 2. The summed E-state index contributed by atoms with van der Waals surface area (Å²) in [6.45, 7) is 2.10. The molecule has 1 heterocycles. The van der Waals surface area contributed by atoms with E-state index in [4.69, 9.17) is 15.2 Å². The Bertz CT molecular complexity index is 1610. The van der Waals surface area contributed by atoms with Crippen LogP contribution in [0.1, 0.15) is 29.8 Å². The predicted molar refractivity (Wildman–Crippen MR) is 157 cm³/mol. The number of aliphatic imine (C=N–C) groups is 1. The van der Waals surface area contributed by atoms with Gasteiger partial charge in [-0.15, -0.1) is 0 Å². The standard InChI is InChI=1S/C31H30FN5O5/c1-2-41-30(37-17-7-12-26(29(37)39)35-25-11-6-10-24(32)18-25)28(38)34-19-21-13-15-23(16-14-21)27(33)36-31(40)42-20-22-8-4-3-5-9-22/h3-18,30,35H,2,19-20H2,1H3,(H,34,38)(H2,33,36,40). The fourth-order valence-electron chi connectivity index (χ4n) is 3.94. The van der Waals surface area contributed by atoms with Gasteiger partial charge in [-0.25, -0.2) is 9.18 Å². The SMILES string of the molecule is CCOC(C(=O)NCc1ccc(C(N)=NC(=O)OCc2ccccc2)cc1)n1cccc(Nc2cccc(F)c2)c1=O. The highest BCUT2D eigenvalue weighted by molar-refractivity contribution is 6.02. The van der Waals surface area contributed by atoms with Crippen molar-refractivity contribution in [1.29, 1.82) is 0 Å². The number of nitrogens with one attached hydrogen (secondary N) is 2. The second-order valence-corrected chi connectivity index (χ2v) is 9.03. The minimum atomic E-state index is -1.24. The van der Waals surface area contributed by atoms with E-state index in [1.165, 1.54) is 30.5 Å². The number of carbonyl (C=O) groups excluding carboxylic acids is 2. The molecule has 2 amide bonds. The fourth-order valence-corrected chi connectivity index (χ4v) is 3.94. The van der Waals surface area contributed by atoms with E-state index in [1.54, 1.807) is 43.3 Å². The lowest BCUT2D eigenvalue weighted by Gasteiger charge is -2.20. The average Bonchev–Trinajstić information content (AvgIpc) is 3.00. The summed E-state index contributed by atoms with van der Waals surface area (Å²) in [5, 5.41) is 5.65. The van der Waals surface area contributed by atoms with Gasteiger partial charge in [-0.05, 0) is 48.4 Å². The van der Waals surface area contributed by atoms with Gasteiger partial charge in [0.1, 0.15) is 23.9 Å². The first kappa shape index (κ1) is 29.7. The van der Waals surface area contributed by atoms with Crippen LogP contribution in [-0.2, 0) is 27.4 Å². The first-order valence-corrected chi connectivity index (χ1v) is 13.1. The summed E-state index contributed by atoms with van der Waals surface area (Å²) in [5.74, 6) is -0.994. The smallest absolute Gasteiger partial charge is 0.435 e. The third-order valence-corrected chi connectivity index (χ3v) is 6.01. The third-order valence-electron chi connectivity index (χ3n) is 6.01. The Morgan fingerprint density at radius 3 is 2.45 bits per heavy atom. The van der Waals surface area contributed by atoms with Gasteiger partial charge in [0, 0.05) is 30.6 Å². The number of halogens is 1. The number of amidine groups is 1. The molecule has 3 aromatic carbocycles. The number of hydrogen-bond donors (Lipinski definition) is 3. The van der Waals surface area contributed by atoms with Crippen molar-refractivity contribution in [3.05, 3.63) is 130 Å². The molecule has 0 bridgehead atoms. The van der Waals surface area contributed by atoms with Crippen molar-refractivity contribution in [3.8, 4) is 0 Å². The first-order chi connectivity index (χ1) is 20.3. The van der Waals surface area contributed by atoms with Crippen LogP contribution >= 0.6 is 0 Å². The monoisotopic (exact) mass is 571 g/mol. The van der Waals surface area contributed by atoms with Crippen molar-refractivity contribution >= 4 is 29.2 Å². The van der Waals surface area contributed by atoms with E-state index in [9.17, 15) is 18.8 Å². The molecule has 0 radical (unpaired) electrons. The highest BCUT2D eigenvalue weighted by Gasteiger charge is 2.22. The third kappa shape index (κ3) is 8.12. The lowest BCUT2D eigenvalue weighted by atomic mass is 10.1. The molecule has 0 saturated heterocycles. The van der Waals surface area contributed by atoms with E-state index >= 15 is 0 Å². The average molecular weight is 572 g/mol. The molecule has 4 N–H and O–H groups in total. The van der Waals surface area contributed by atoms with Gasteiger partial charge in [0.2, 0.25) is 6.23 Å². The van der Waals surface area contributed by atoms with Crippen LogP contribution in [0.2, 0.25) is 0 Å². The maximum Gasteiger partial charge on any atom is 0.435 e. The summed E-state index contributed by atoms with van der Waals surface area (Å²) in [5.41, 5.74) is 8.05. The number of hydrogen-bond acceptors (Lipinski definition) is 6. The molecule has 42 heavy (non-hydrogen) atoms. The molecule has 4 aromatic rings. The van der Waals surface area contributed by atoms with Crippen molar-refractivity contribution in [2.24, 2.45) is 10.7 Å². The summed E-state index contributed by atoms with van der Waals surface area (Å²) >= 11 is 0. The number of amides is 2. The second kappa shape index (κ2) is 14.4. The Morgan fingerprint density at radius 2 is 1.74 bits per heavy atom. The molecule has 11 heteroatoms. The molecule has 216 valence electrons. The zero-order valence-electron chi connectivity index (χ0n) is 22.8. The number of pyridine rings is 1. The van der Waals surface area contributed by atoms with Crippen molar-refractivity contribution in [1.82, 2.24) is 9.88 Å². The Balaban J connectivity index is 1.37. The zero-order chi connectivity index (χ0) is 29.9. The van der Waals surface area contributed by atoms with Crippen molar-refractivity contribution in [3.63, 3.8) is 0 Å². The van der Waals surface area contributed by atoms with E-state index in [1.807, 2.05) is 30.3 Å². The maximum absolute atomic E-state index is 13.6. The number of rotatable bonds is 11. The maximum atomic E-state index is 13.6. The van der Waals surface area contributed by atoms with E-state index in [0.29, 0.717) is 11.3 Å². The molecule has 4 rings (SSSR count). The van der Waals surface area contributed by atoms with Crippen molar-refractivity contribution in [2.45, 2.75) is 26.3 Å². The topological polar surface area (TPSA) is 137 Å². The van der Waals surface area contributed by atoms with Gasteiger partial charge in [-0.1, -0.05) is 60.7 Å². The van der Waals surface area contributed by atoms with E-state index < -0.39 is 29.6 Å².